The van der Waals surface area contributed by atoms with E-state index in [1.807, 2.05) is 0 Å². The molecule has 0 bridgehead atoms. The first-order valence-electron chi connectivity index (χ1n) is 6.70. The van der Waals surface area contributed by atoms with E-state index in [0.29, 0.717) is 0 Å². The lowest BCUT2D eigenvalue weighted by molar-refractivity contribution is -0.137. The molecule has 0 radical (unpaired) electrons. The molecule has 0 atom stereocenters. The fourth-order valence-corrected chi connectivity index (χ4v) is 3.21. The minimum Gasteiger partial charge on any atom is -0.360 e. The second kappa shape index (κ2) is 7.17. The number of rotatable bonds is 4. The number of nitrogens with one attached hydrogen (secondary N) is 1. The van der Waals surface area contributed by atoms with E-state index in [-0.39, 0.29) is 10.6 Å². The molecule has 130 valence electrons. The van der Waals surface area contributed by atoms with Gasteiger partial charge in [0.15, 0.2) is 4.91 Å². The zero-order chi connectivity index (χ0) is 18.7. The Morgan fingerprint density at radius 3 is 2.36 bits per heavy atom. The van der Waals surface area contributed by atoms with E-state index in [0.717, 1.165) is 18.3 Å². The molecule has 25 heavy (non-hydrogen) atoms. The van der Waals surface area contributed by atoms with Gasteiger partial charge in [-0.3, -0.25) is 0 Å². The smallest absolute Gasteiger partial charge is 0.360 e. The van der Waals surface area contributed by atoms with E-state index in [1.165, 1.54) is 36.4 Å². The molecular weight excluding hydrogens is 377 g/mol. The Morgan fingerprint density at radius 1 is 1.16 bits per heavy atom. The Bertz CT molecular complexity index is 950. The van der Waals surface area contributed by atoms with Crippen molar-refractivity contribution in [2.24, 2.45) is 0 Å². The predicted molar refractivity (Wildman–Crippen MR) is 87.4 cm³/mol. The highest BCUT2D eigenvalue weighted by atomic mass is 35.5. The van der Waals surface area contributed by atoms with Crippen LogP contribution in [-0.2, 0) is 16.0 Å². The highest BCUT2D eigenvalue weighted by Crippen LogP contribution is 2.36. The number of nitrogens with zero attached hydrogens (tertiary/aromatic N) is 1. The molecule has 0 aliphatic rings. The van der Waals surface area contributed by atoms with Crippen LogP contribution in [0, 0.1) is 11.3 Å². The highest BCUT2D eigenvalue weighted by molar-refractivity contribution is 7.95. The van der Waals surface area contributed by atoms with Crippen molar-refractivity contribution in [2.45, 2.75) is 11.1 Å². The normalized spacial score (nSPS) is 12.5. The average Bonchev–Trinajstić information content (AvgIpc) is 2.56. The van der Waals surface area contributed by atoms with E-state index in [9.17, 15) is 21.6 Å². The number of hydrogen-bond donors (Lipinski definition) is 1. The monoisotopic (exact) mass is 386 g/mol. The molecule has 0 amide bonds. The lowest BCUT2D eigenvalue weighted by atomic mass is 10.2. The minimum absolute atomic E-state index is 0.0623. The third-order valence-electron chi connectivity index (χ3n) is 3.09. The van der Waals surface area contributed by atoms with Crippen molar-refractivity contribution in [3.63, 3.8) is 0 Å². The molecule has 1 N–H and O–H groups in total. The first kappa shape index (κ1) is 18.8. The number of hydrogen-bond acceptors (Lipinski definition) is 4. The molecule has 0 aromatic heterocycles. The fourth-order valence-electron chi connectivity index (χ4n) is 1.88. The molecular formula is C16H10ClF3N2O2S. The van der Waals surface area contributed by atoms with Gasteiger partial charge >= 0.3 is 6.18 Å². The van der Waals surface area contributed by atoms with Crippen molar-refractivity contribution in [3.05, 3.63) is 70.2 Å². The molecule has 0 aliphatic carbocycles. The summed E-state index contributed by atoms with van der Waals surface area (Å²) in [5, 5.41) is 11.0. The van der Waals surface area contributed by atoms with Crippen molar-refractivity contribution in [2.75, 3.05) is 5.32 Å². The molecule has 9 heteroatoms. The lowest BCUT2D eigenvalue weighted by Crippen LogP contribution is -2.07. The summed E-state index contributed by atoms with van der Waals surface area (Å²) in [6.45, 7) is 0. The van der Waals surface area contributed by atoms with E-state index in [1.54, 1.807) is 6.07 Å². The van der Waals surface area contributed by atoms with Gasteiger partial charge in [0.25, 0.3) is 0 Å². The van der Waals surface area contributed by atoms with Crippen LogP contribution in [0.4, 0.5) is 18.9 Å². The van der Waals surface area contributed by atoms with E-state index >= 15 is 0 Å². The number of alkyl halides is 3. The molecule has 2 aromatic rings. The zero-order valence-electron chi connectivity index (χ0n) is 12.4. The summed E-state index contributed by atoms with van der Waals surface area (Å²) in [6.07, 6.45) is -3.82. The van der Waals surface area contributed by atoms with Crippen LogP contribution in [0.2, 0.25) is 5.02 Å². The Hall–Kier alpha value is -2.50. The number of halogens is 4. The summed E-state index contributed by atoms with van der Waals surface area (Å²) in [7, 11) is -4.08. The molecule has 2 rings (SSSR count). The zero-order valence-corrected chi connectivity index (χ0v) is 14.0. The van der Waals surface area contributed by atoms with Gasteiger partial charge in [0.1, 0.15) is 6.07 Å². The minimum atomic E-state index is -4.66. The van der Waals surface area contributed by atoms with Crippen LogP contribution in [0.1, 0.15) is 5.56 Å². The summed E-state index contributed by atoms with van der Waals surface area (Å²) in [4.78, 5) is -0.737. The SMILES string of the molecule is N#C/C(=C\Nc1ccc(Cl)c(C(F)(F)F)c1)S(=O)(=O)c1ccccc1. The van der Waals surface area contributed by atoms with Crippen molar-refractivity contribution in [1.82, 2.24) is 0 Å². The first-order valence-corrected chi connectivity index (χ1v) is 8.56. The number of benzene rings is 2. The molecule has 0 heterocycles. The summed E-state index contributed by atoms with van der Waals surface area (Å²) in [5.41, 5.74) is -1.13. The number of nitriles is 1. The Kier molecular flexibility index (Phi) is 5.40. The van der Waals surface area contributed by atoms with Crippen LogP contribution in [-0.4, -0.2) is 8.42 Å². The molecule has 0 unspecified atom stereocenters. The van der Waals surface area contributed by atoms with Crippen LogP contribution in [0.15, 0.2) is 64.5 Å². The lowest BCUT2D eigenvalue weighted by Gasteiger charge is -2.11. The highest BCUT2D eigenvalue weighted by Gasteiger charge is 2.33. The van der Waals surface area contributed by atoms with Crippen LogP contribution in [0.25, 0.3) is 0 Å². The van der Waals surface area contributed by atoms with Gasteiger partial charge in [-0.2, -0.15) is 18.4 Å². The van der Waals surface area contributed by atoms with Crippen LogP contribution in [0.3, 0.4) is 0 Å². The van der Waals surface area contributed by atoms with E-state index in [2.05, 4.69) is 5.32 Å². The van der Waals surface area contributed by atoms with Gasteiger partial charge in [-0.15, -0.1) is 0 Å². The topological polar surface area (TPSA) is 70.0 Å². The van der Waals surface area contributed by atoms with Crippen molar-refractivity contribution < 1.29 is 21.6 Å². The van der Waals surface area contributed by atoms with Gasteiger partial charge in [-0.05, 0) is 30.3 Å². The Morgan fingerprint density at radius 2 is 1.80 bits per heavy atom. The average molecular weight is 387 g/mol. The molecule has 4 nitrogen and oxygen atoms in total. The largest absolute Gasteiger partial charge is 0.417 e. The fraction of sp³-hybridized carbons (Fsp3) is 0.0625. The third-order valence-corrected chi connectivity index (χ3v) is 5.11. The second-order valence-electron chi connectivity index (χ2n) is 4.77. The third kappa shape index (κ3) is 4.32. The molecule has 0 spiro atoms. The number of sulfone groups is 1. The van der Waals surface area contributed by atoms with Gasteiger partial charge in [0, 0.05) is 11.9 Å². The Balaban J connectivity index is 2.36. The summed E-state index contributed by atoms with van der Waals surface area (Å²) in [6, 6.07) is 11.7. The maximum Gasteiger partial charge on any atom is 0.417 e. The maximum atomic E-state index is 12.8. The quantitative estimate of drug-likeness (QED) is 0.779. The molecule has 0 aliphatic heterocycles. The van der Waals surface area contributed by atoms with Crippen LogP contribution in [0.5, 0.6) is 0 Å². The molecule has 0 fully saturated rings. The Labute approximate surface area is 147 Å². The number of anilines is 1. The molecule has 2 aromatic carbocycles. The van der Waals surface area contributed by atoms with Gasteiger partial charge < -0.3 is 5.32 Å². The van der Waals surface area contributed by atoms with Crippen LogP contribution < -0.4 is 5.32 Å². The predicted octanol–water partition coefficient (Wildman–Crippen LogP) is 4.61. The van der Waals surface area contributed by atoms with Gasteiger partial charge in [-0.25, -0.2) is 8.42 Å². The van der Waals surface area contributed by atoms with Crippen LogP contribution >= 0.6 is 11.6 Å². The van der Waals surface area contributed by atoms with E-state index < -0.39 is 31.5 Å². The second-order valence-corrected chi connectivity index (χ2v) is 7.10. The molecule has 0 saturated carbocycles. The molecule has 0 saturated heterocycles. The van der Waals surface area contributed by atoms with Gasteiger partial charge in [0.2, 0.25) is 9.84 Å². The van der Waals surface area contributed by atoms with Crippen molar-refractivity contribution >= 4 is 27.1 Å². The summed E-state index contributed by atoms with van der Waals surface area (Å²) in [5.74, 6) is 0. The summed E-state index contributed by atoms with van der Waals surface area (Å²) < 4.78 is 63.2. The van der Waals surface area contributed by atoms with Crippen molar-refractivity contribution in [3.8, 4) is 6.07 Å². The standard InChI is InChI=1S/C16H10ClF3N2O2S/c17-15-7-6-11(8-14(15)16(18,19)20)22-10-13(9-21)25(23,24)12-4-2-1-3-5-12/h1-8,10,22H/b13-10+. The van der Waals surface area contributed by atoms with Gasteiger partial charge in [0.05, 0.1) is 15.5 Å². The van der Waals surface area contributed by atoms with Gasteiger partial charge in [-0.1, -0.05) is 29.8 Å². The first-order chi connectivity index (χ1) is 11.7. The maximum absolute atomic E-state index is 12.8. The number of allylic oxidation sites excluding steroid dienone is 1. The van der Waals surface area contributed by atoms with E-state index in [4.69, 9.17) is 16.9 Å². The van der Waals surface area contributed by atoms with Crippen molar-refractivity contribution in [1.29, 1.82) is 5.26 Å². The summed E-state index contributed by atoms with van der Waals surface area (Å²) >= 11 is 5.51.